The molecular formula is C19H19N3O2. The zero-order chi connectivity index (χ0) is 17.3. The minimum absolute atomic E-state index is 0.122. The summed E-state index contributed by atoms with van der Waals surface area (Å²) < 4.78 is 5.89. The number of carbonyl (C=O) groups excluding carboxylic acids is 1. The molecule has 0 saturated heterocycles. The fraction of sp³-hybridized carbons (Fsp3) is 0.316. The van der Waals surface area contributed by atoms with E-state index in [1.165, 1.54) is 0 Å². The average molecular weight is 321 g/mol. The van der Waals surface area contributed by atoms with E-state index in [1.54, 1.807) is 49.2 Å². The molecule has 2 heterocycles. The highest BCUT2D eigenvalue weighted by molar-refractivity contribution is 6.00. The summed E-state index contributed by atoms with van der Waals surface area (Å²) in [7, 11) is 0. The summed E-state index contributed by atoms with van der Waals surface area (Å²) in [4.78, 5) is 19.1. The molecule has 0 aliphatic carbocycles. The molecule has 3 rings (SSSR count). The van der Waals surface area contributed by atoms with Crippen LogP contribution in [0.25, 0.3) is 0 Å². The molecule has 24 heavy (non-hydrogen) atoms. The van der Waals surface area contributed by atoms with Gasteiger partial charge in [-0.2, -0.15) is 5.26 Å². The van der Waals surface area contributed by atoms with Gasteiger partial charge in [-0.15, -0.1) is 0 Å². The zero-order valence-electron chi connectivity index (χ0n) is 14.0. The van der Waals surface area contributed by atoms with Crippen molar-refractivity contribution in [3.05, 3.63) is 53.2 Å². The number of amides is 1. The molecule has 5 heteroatoms. The molecule has 1 aromatic heterocycles. The summed E-state index contributed by atoms with van der Waals surface area (Å²) in [6, 6.07) is 10.8. The van der Waals surface area contributed by atoms with Crippen molar-refractivity contribution in [1.82, 2.24) is 4.98 Å². The second kappa shape index (κ2) is 5.97. The summed E-state index contributed by atoms with van der Waals surface area (Å²) in [5.41, 5.74) is 1.81. The molecule has 0 saturated carbocycles. The molecule has 0 radical (unpaired) electrons. The minimum atomic E-state index is -1.03. The molecule has 122 valence electrons. The summed E-state index contributed by atoms with van der Waals surface area (Å²) in [6.07, 6.45) is 2.54. The van der Waals surface area contributed by atoms with Gasteiger partial charge in [0.2, 0.25) is 0 Å². The normalized spacial score (nSPS) is 13.3. The van der Waals surface area contributed by atoms with Crippen molar-refractivity contribution in [3.8, 4) is 11.8 Å². The van der Waals surface area contributed by atoms with E-state index in [0.717, 1.165) is 23.4 Å². The van der Waals surface area contributed by atoms with Crippen molar-refractivity contribution in [2.45, 2.75) is 32.8 Å². The fourth-order valence-corrected chi connectivity index (χ4v) is 2.90. The second-order valence-electron chi connectivity index (χ2n) is 6.39. The van der Waals surface area contributed by atoms with Crippen molar-refractivity contribution in [3.63, 3.8) is 0 Å². The smallest absolute Gasteiger partial charge is 0.271 e. The van der Waals surface area contributed by atoms with Crippen LogP contribution in [0.5, 0.6) is 5.75 Å². The maximum absolute atomic E-state index is 13.0. The van der Waals surface area contributed by atoms with Gasteiger partial charge in [0.1, 0.15) is 11.6 Å². The van der Waals surface area contributed by atoms with E-state index >= 15 is 0 Å². The molecule has 2 aromatic rings. The summed E-state index contributed by atoms with van der Waals surface area (Å²) in [6.45, 7) is 6.15. The largest absolute Gasteiger partial charge is 0.478 e. The molecule has 0 unspecified atom stereocenters. The van der Waals surface area contributed by atoms with Crippen molar-refractivity contribution in [2.75, 3.05) is 11.4 Å². The van der Waals surface area contributed by atoms with Crippen LogP contribution in [0.2, 0.25) is 0 Å². The summed E-state index contributed by atoms with van der Waals surface area (Å²) in [5, 5.41) is 8.85. The molecule has 0 spiro atoms. The Kier molecular flexibility index (Phi) is 3.98. The van der Waals surface area contributed by atoms with Gasteiger partial charge in [-0.3, -0.25) is 9.69 Å². The van der Waals surface area contributed by atoms with E-state index in [-0.39, 0.29) is 5.91 Å². The van der Waals surface area contributed by atoms with Crippen LogP contribution in [0.15, 0.2) is 36.5 Å². The molecule has 1 amide bonds. The Morgan fingerprint density at radius 1 is 1.29 bits per heavy atom. The first kappa shape index (κ1) is 16.0. The third-order valence-electron chi connectivity index (χ3n) is 4.22. The molecule has 5 nitrogen and oxygen atoms in total. The van der Waals surface area contributed by atoms with Crippen molar-refractivity contribution in [1.29, 1.82) is 5.26 Å². The Bertz CT molecular complexity index is 819. The fourth-order valence-electron chi connectivity index (χ4n) is 2.90. The highest BCUT2D eigenvalue weighted by atomic mass is 16.5. The number of ether oxygens (including phenoxy) is 1. The number of anilines is 1. The second-order valence-corrected chi connectivity index (χ2v) is 6.39. The number of hydrogen-bond acceptors (Lipinski definition) is 4. The molecule has 0 atom stereocenters. The molecule has 1 aliphatic heterocycles. The number of aromatic nitrogens is 1. The van der Waals surface area contributed by atoms with E-state index in [0.29, 0.717) is 17.9 Å². The van der Waals surface area contributed by atoms with E-state index < -0.39 is 5.60 Å². The first-order chi connectivity index (χ1) is 11.4. The first-order valence-corrected chi connectivity index (χ1v) is 7.88. The van der Waals surface area contributed by atoms with E-state index in [4.69, 9.17) is 10.00 Å². The Labute approximate surface area is 141 Å². The monoisotopic (exact) mass is 321 g/mol. The van der Waals surface area contributed by atoms with Crippen molar-refractivity contribution in [2.24, 2.45) is 0 Å². The minimum Gasteiger partial charge on any atom is -0.478 e. The Morgan fingerprint density at radius 3 is 2.67 bits per heavy atom. The third-order valence-corrected chi connectivity index (χ3v) is 4.22. The third kappa shape index (κ3) is 2.83. The number of nitrogens with zero attached hydrogens (tertiary/aromatic N) is 3. The zero-order valence-corrected chi connectivity index (χ0v) is 14.0. The van der Waals surface area contributed by atoms with Gasteiger partial charge >= 0.3 is 0 Å². The predicted molar refractivity (Wildman–Crippen MR) is 90.9 cm³/mol. The number of rotatable bonds is 3. The quantitative estimate of drug-likeness (QED) is 0.871. The molecule has 1 aromatic carbocycles. The van der Waals surface area contributed by atoms with Crippen LogP contribution in [0, 0.1) is 18.3 Å². The Balaban J connectivity index is 1.82. The van der Waals surface area contributed by atoms with Gasteiger partial charge in [0.25, 0.3) is 5.91 Å². The van der Waals surface area contributed by atoms with E-state index in [2.05, 4.69) is 11.1 Å². The van der Waals surface area contributed by atoms with Crippen LogP contribution in [0.1, 0.15) is 30.5 Å². The van der Waals surface area contributed by atoms with E-state index in [1.807, 2.05) is 13.0 Å². The molecule has 1 aliphatic rings. The molecule has 0 bridgehead atoms. The number of benzene rings is 1. The van der Waals surface area contributed by atoms with Crippen LogP contribution in [0.4, 0.5) is 5.82 Å². The highest BCUT2D eigenvalue weighted by Gasteiger charge is 2.38. The van der Waals surface area contributed by atoms with Gasteiger partial charge < -0.3 is 4.74 Å². The lowest BCUT2D eigenvalue weighted by Gasteiger charge is -2.30. The molecular weight excluding hydrogens is 302 g/mol. The lowest BCUT2D eigenvalue weighted by Crippen LogP contribution is -2.48. The predicted octanol–water partition coefficient (Wildman–Crippen LogP) is 3.01. The maximum atomic E-state index is 13.0. The number of carbonyl (C=O) groups is 1. The van der Waals surface area contributed by atoms with Gasteiger partial charge in [0.05, 0.1) is 11.6 Å². The first-order valence-electron chi connectivity index (χ1n) is 7.88. The summed E-state index contributed by atoms with van der Waals surface area (Å²) >= 11 is 0. The SMILES string of the molecule is Cc1ccnc2c1CCN2C(=O)C(C)(C)Oc1ccc(C#N)cc1. The Hall–Kier alpha value is -2.87. The Morgan fingerprint density at radius 2 is 2.00 bits per heavy atom. The number of fused-ring (bicyclic) bond motifs is 1. The van der Waals surface area contributed by atoms with Crippen molar-refractivity contribution >= 4 is 11.7 Å². The van der Waals surface area contributed by atoms with Crippen LogP contribution >= 0.6 is 0 Å². The number of nitriles is 1. The molecule has 0 fully saturated rings. The number of hydrogen-bond donors (Lipinski definition) is 0. The standard InChI is InChI=1S/C19H19N3O2/c1-13-8-10-21-17-16(13)9-11-22(17)18(23)19(2,3)24-15-6-4-14(12-20)5-7-15/h4-8,10H,9,11H2,1-3H3. The van der Waals surface area contributed by atoms with Gasteiger partial charge in [-0.1, -0.05) is 0 Å². The number of pyridine rings is 1. The van der Waals surface area contributed by atoms with E-state index in [9.17, 15) is 4.79 Å². The van der Waals surface area contributed by atoms with Crippen LogP contribution in [0.3, 0.4) is 0 Å². The topological polar surface area (TPSA) is 66.2 Å². The van der Waals surface area contributed by atoms with Crippen LogP contribution < -0.4 is 9.64 Å². The number of aryl methyl sites for hydroxylation is 1. The average Bonchev–Trinajstić information content (AvgIpc) is 3.00. The highest BCUT2D eigenvalue weighted by Crippen LogP contribution is 2.31. The lowest BCUT2D eigenvalue weighted by molar-refractivity contribution is -0.131. The summed E-state index contributed by atoms with van der Waals surface area (Å²) in [5.74, 6) is 1.17. The van der Waals surface area contributed by atoms with Gasteiger partial charge in [-0.25, -0.2) is 4.98 Å². The maximum Gasteiger partial charge on any atom is 0.271 e. The van der Waals surface area contributed by atoms with Gasteiger partial charge in [-0.05, 0) is 68.7 Å². The van der Waals surface area contributed by atoms with Gasteiger partial charge in [0.15, 0.2) is 5.60 Å². The lowest BCUT2D eigenvalue weighted by atomic mass is 10.1. The van der Waals surface area contributed by atoms with Crippen LogP contribution in [-0.4, -0.2) is 23.0 Å². The molecule has 0 N–H and O–H groups in total. The van der Waals surface area contributed by atoms with Crippen LogP contribution in [-0.2, 0) is 11.2 Å². The van der Waals surface area contributed by atoms with Crippen molar-refractivity contribution < 1.29 is 9.53 Å². The van der Waals surface area contributed by atoms with Gasteiger partial charge in [0, 0.05) is 12.7 Å².